The van der Waals surface area contributed by atoms with Crippen LogP contribution in [0.5, 0.6) is 5.75 Å². The molecule has 3 rings (SSSR count). The molecule has 1 N–H and O–H groups in total. The molecule has 0 saturated carbocycles. The first kappa shape index (κ1) is 16.0. The van der Waals surface area contributed by atoms with Crippen LogP contribution in [0.3, 0.4) is 0 Å². The fourth-order valence-corrected chi connectivity index (χ4v) is 2.58. The fourth-order valence-electron chi connectivity index (χ4n) is 2.58. The molecular formula is C18H17FN2O3. The first-order valence-corrected chi connectivity index (χ1v) is 7.52. The zero-order valence-electron chi connectivity index (χ0n) is 13.4. The van der Waals surface area contributed by atoms with Crippen LogP contribution in [-0.4, -0.2) is 24.0 Å². The van der Waals surface area contributed by atoms with Gasteiger partial charge in [-0.15, -0.1) is 0 Å². The second-order valence-corrected chi connectivity index (χ2v) is 6.02. The van der Waals surface area contributed by atoms with Gasteiger partial charge < -0.3 is 10.1 Å². The first-order valence-electron chi connectivity index (χ1n) is 7.52. The van der Waals surface area contributed by atoms with Crippen molar-refractivity contribution in [1.82, 2.24) is 0 Å². The predicted octanol–water partition coefficient (Wildman–Crippen LogP) is 2.97. The van der Waals surface area contributed by atoms with Crippen LogP contribution in [0.2, 0.25) is 0 Å². The van der Waals surface area contributed by atoms with E-state index in [1.807, 2.05) is 0 Å². The maximum absolute atomic E-state index is 13.0. The van der Waals surface area contributed by atoms with E-state index in [2.05, 4.69) is 5.32 Å². The van der Waals surface area contributed by atoms with Crippen LogP contribution in [0.4, 0.5) is 15.8 Å². The topological polar surface area (TPSA) is 58.6 Å². The van der Waals surface area contributed by atoms with Gasteiger partial charge in [0.25, 0.3) is 5.91 Å². The molecule has 0 atom stereocenters. The summed E-state index contributed by atoms with van der Waals surface area (Å²) in [5, 5.41) is 2.74. The Morgan fingerprint density at radius 3 is 2.54 bits per heavy atom. The van der Waals surface area contributed by atoms with E-state index in [4.69, 9.17) is 4.74 Å². The van der Waals surface area contributed by atoms with Gasteiger partial charge in [0.1, 0.15) is 18.1 Å². The van der Waals surface area contributed by atoms with Gasteiger partial charge in [-0.2, -0.15) is 0 Å². The average molecular weight is 328 g/mol. The Balaban J connectivity index is 1.87. The Labute approximate surface area is 139 Å². The number of nitrogens with zero attached hydrogens (tertiary/aromatic N) is 1. The number of amides is 2. The van der Waals surface area contributed by atoms with Crippen molar-refractivity contribution in [1.29, 1.82) is 0 Å². The number of benzene rings is 2. The minimum absolute atomic E-state index is 0.0773. The second kappa shape index (κ2) is 5.96. The van der Waals surface area contributed by atoms with Crippen molar-refractivity contribution >= 4 is 23.2 Å². The van der Waals surface area contributed by atoms with Gasteiger partial charge >= 0.3 is 0 Å². The number of halogens is 1. The highest BCUT2D eigenvalue weighted by atomic mass is 19.1. The fraction of sp³-hybridized carbons (Fsp3) is 0.222. The molecule has 124 valence electrons. The summed E-state index contributed by atoms with van der Waals surface area (Å²) in [4.78, 5) is 26.2. The lowest BCUT2D eigenvalue weighted by Gasteiger charge is -2.35. The highest BCUT2D eigenvalue weighted by Crippen LogP contribution is 2.31. The van der Waals surface area contributed by atoms with E-state index in [1.165, 1.54) is 29.2 Å². The van der Waals surface area contributed by atoms with Gasteiger partial charge in [-0.05, 0) is 50.2 Å². The van der Waals surface area contributed by atoms with Gasteiger partial charge in [0.2, 0.25) is 5.91 Å². The van der Waals surface area contributed by atoms with Crippen LogP contribution in [0, 0.1) is 5.82 Å². The molecule has 2 amide bonds. The van der Waals surface area contributed by atoms with Crippen molar-refractivity contribution in [3.05, 3.63) is 54.3 Å². The molecule has 0 fully saturated rings. The molecule has 5 nitrogen and oxygen atoms in total. The molecular weight excluding hydrogens is 311 g/mol. The smallest absolute Gasteiger partial charge is 0.271 e. The van der Waals surface area contributed by atoms with Crippen molar-refractivity contribution in [2.75, 3.05) is 16.8 Å². The molecule has 6 heteroatoms. The van der Waals surface area contributed by atoms with Crippen molar-refractivity contribution in [3.63, 3.8) is 0 Å². The molecule has 0 bridgehead atoms. The number of carbonyl (C=O) groups excluding carboxylic acids is 2. The molecule has 1 aliphatic heterocycles. The monoisotopic (exact) mass is 328 g/mol. The zero-order chi connectivity index (χ0) is 17.3. The lowest BCUT2D eigenvalue weighted by molar-refractivity contribution is -0.132. The lowest BCUT2D eigenvalue weighted by Crippen LogP contribution is -2.53. The van der Waals surface area contributed by atoms with E-state index < -0.39 is 5.60 Å². The molecule has 0 unspecified atom stereocenters. The summed E-state index contributed by atoms with van der Waals surface area (Å²) >= 11 is 0. The van der Waals surface area contributed by atoms with Crippen LogP contribution in [-0.2, 0) is 9.59 Å². The van der Waals surface area contributed by atoms with E-state index in [1.54, 1.807) is 38.1 Å². The summed E-state index contributed by atoms with van der Waals surface area (Å²) in [6, 6.07) is 12.5. The Kier molecular flexibility index (Phi) is 3.97. The van der Waals surface area contributed by atoms with Gasteiger partial charge in [0.15, 0.2) is 5.60 Å². The highest BCUT2D eigenvalue weighted by Gasteiger charge is 2.38. The Morgan fingerprint density at radius 1 is 1.17 bits per heavy atom. The second-order valence-electron chi connectivity index (χ2n) is 6.02. The SMILES string of the molecule is CC(C)(Oc1ccc(F)cc1)C(=O)N1CC(=O)Nc2ccccc21. The van der Waals surface area contributed by atoms with Crippen molar-refractivity contribution < 1.29 is 18.7 Å². The number of fused-ring (bicyclic) bond motifs is 1. The zero-order valence-corrected chi connectivity index (χ0v) is 13.4. The third kappa shape index (κ3) is 3.08. The number of nitrogens with one attached hydrogen (secondary N) is 1. The summed E-state index contributed by atoms with van der Waals surface area (Å²) in [6.07, 6.45) is 0. The maximum Gasteiger partial charge on any atom is 0.271 e. The van der Waals surface area contributed by atoms with Crippen LogP contribution in [0.15, 0.2) is 48.5 Å². The maximum atomic E-state index is 13.0. The van der Waals surface area contributed by atoms with Gasteiger partial charge in [-0.3, -0.25) is 14.5 Å². The molecule has 1 aliphatic rings. The number of carbonyl (C=O) groups is 2. The number of hydrogen-bond donors (Lipinski definition) is 1. The third-order valence-electron chi connectivity index (χ3n) is 3.72. The molecule has 0 aromatic heterocycles. The van der Waals surface area contributed by atoms with E-state index in [0.29, 0.717) is 17.1 Å². The van der Waals surface area contributed by atoms with Gasteiger partial charge in [-0.1, -0.05) is 12.1 Å². The molecule has 0 spiro atoms. The number of rotatable bonds is 3. The first-order chi connectivity index (χ1) is 11.4. The van der Waals surface area contributed by atoms with Gasteiger partial charge in [0.05, 0.1) is 11.4 Å². The van der Waals surface area contributed by atoms with Crippen LogP contribution >= 0.6 is 0 Å². The van der Waals surface area contributed by atoms with Gasteiger partial charge in [-0.25, -0.2) is 4.39 Å². The lowest BCUT2D eigenvalue weighted by atomic mass is 10.1. The van der Waals surface area contributed by atoms with Crippen LogP contribution < -0.4 is 15.0 Å². The van der Waals surface area contributed by atoms with Crippen molar-refractivity contribution in [2.24, 2.45) is 0 Å². The van der Waals surface area contributed by atoms with E-state index in [0.717, 1.165) is 0 Å². The predicted molar refractivity (Wildman–Crippen MR) is 88.5 cm³/mol. The van der Waals surface area contributed by atoms with Crippen molar-refractivity contribution in [3.8, 4) is 5.75 Å². The quantitative estimate of drug-likeness (QED) is 0.942. The highest BCUT2D eigenvalue weighted by molar-refractivity contribution is 6.11. The number of hydrogen-bond acceptors (Lipinski definition) is 3. The normalized spacial score (nSPS) is 14.0. The molecule has 0 radical (unpaired) electrons. The van der Waals surface area contributed by atoms with Crippen LogP contribution in [0.1, 0.15) is 13.8 Å². The number of anilines is 2. The minimum Gasteiger partial charge on any atom is -0.478 e. The van der Waals surface area contributed by atoms with E-state index >= 15 is 0 Å². The summed E-state index contributed by atoms with van der Waals surface area (Å²) < 4.78 is 18.7. The summed E-state index contributed by atoms with van der Waals surface area (Å²) in [6.45, 7) is 3.16. The number of para-hydroxylation sites is 2. The van der Waals surface area contributed by atoms with Gasteiger partial charge in [0, 0.05) is 0 Å². The largest absolute Gasteiger partial charge is 0.478 e. The van der Waals surface area contributed by atoms with E-state index in [9.17, 15) is 14.0 Å². The van der Waals surface area contributed by atoms with Crippen LogP contribution in [0.25, 0.3) is 0 Å². The molecule has 2 aromatic rings. The molecule has 24 heavy (non-hydrogen) atoms. The number of ether oxygens (including phenoxy) is 1. The summed E-state index contributed by atoms with van der Waals surface area (Å²) in [5.41, 5.74) is -0.0136. The van der Waals surface area contributed by atoms with E-state index in [-0.39, 0.29) is 24.2 Å². The Bertz CT molecular complexity index is 787. The standard InChI is InChI=1S/C18H17FN2O3/c1-18(2,24-13-9-7-12(19)8-10-13)17(23)21-11-16(22)20-14-5-3-4-6-15(14)21/h3-10H,11H2,1-2H3,(H,20,22). The minimum atomic E-state index is -1.22. The molecule has 0 saturated heterocycles. The average Bonchev–Trinajstić information content (AvgIpc) is 2.55. The third-order valence-corrected chi connectivity index (χ3v) is 3.72. The Hall–Kier alpha value is -2.89. The van der Waals surface area contributed by atoms with Crippen molar-refractivity contribution in [2.45, 2.75) is 19.4 Å². The summed E-state index contributed by atoms with van der Waals surface area (Å²) in [5.74, 6) is -0.619. The molecule has 2 aromatic carbocycles. The molecule has 0 aliphatic carbocycles. The Morgan fingerprint density at radius 2 is 1.83 bits per heavy atom. The molecule has 1 heterocycles. The summed E-state index contributed by atoms with van der Waals surface area (Å²) in [7, 11) is 0.